The minimum Gasteiger partial charge on any atom is -0.392 e. The Morgan fingerprint density at radius 3 is 1.56 bits per heavy atom. The van der Waals surface area contributed by atoms with Crippen molar-refractivity contribution in [1.29, 1.82) is 0 Å². The quantitative estimate of drug-likeness (QED) is 0.204. The van der Waals surface area contributed by atoms with Crippen LogP contribution < -0.4 is 0 Å². The molecule has 0 fully saturated rings. The first-order valence-corrected chi connectivity index (χ1v) is 15.4. The van der Waals surface area contributed by atoms with Crippen LogP contribution >= 0.6 is 7.34 Å². The third-order valence-electron chi connectivity index (χ3n) is 7.51. The van der Waals surface area contributed by atoms with Gasteiger partial charge in [0.1, 0.15) is 5.78 Å². The molecule has 1 atom stereocenters. The molecule has 0 aromatic heterocycles. The summed E-state index contributed by atoms with van der Waals surface area (Å²) in [5.41, 5.74) is 5.28. The number of amides is 2. The molecule has 0 radical (unpaired) electrons. The molecule has 0 aliphatic carbocycles. The predicted molar refractivity (Wildman–Crippen MR) is 162 cm³/mol. The Bertz CT molecular complexity index is 1500. The van der Waals surface area contributed by atoms with E-state index in [-0.39, 0.29) is 38.8 Å². The third kappa shape index (κ3) is 6.62. The number of aliphatic hydroxyl groups is 2. The van der Waals surface area contributed by atoms with Gasteiger partial charge in [-0.25, -0.2) is 4.79 Å². The molecule has 4 aromatic rings. The first-order chi connectivity index (χ1) is 19.9. The van der Waals surface area contributed by atoms with Gasteiger partial charge in [-0.3, -0.25) is 4.90 Å². The lowest BCUT2D eigenvalue weighted by Gasteiger charge is -2.46. The van der Waals surface area contributed by atoms with Gasteiger partial charge in [0.2, 0.25) is 0 Å². The van der Waals surface area contributed by atoms with E-state index in [0.29, 0.717) is 11.8 Å². The average Bonchev–Trinajstić information content (AvgIpc) is 3.01. The van der Waals surface area contributed by atoms with Crippen molar-refractivity contribution in [3.8, 4) is 0 Å². The van der Waals surface area contributed by atoms with E-state index in [1.54, 1.807) is 17.0 Å². The lowest BCUT2D eigenvalue weighted by molar-refractivity contribution is 0.154. The monoisotopic (exact) mass is 570 g/mol. The van der Waals surface area contributed by atoms with Crippen molar-refractivity contribution in [2.24, 2.45) is 0 Å². The van der Waals surface area contributed by atoms with Crippen LogP contribution in [0.4, 0.5) is 4.79 Å². The van der Waals surface area contributed by atoms with Gasteiger partial charge in [-0.1, -0.05) is 109 Å². The van der Waals surface area contributed by atoms with E-state index < -0.39 is 13.1 Å². The molecule has 41 heavy (non-hydrogen) atoms. The van der Waals surface area contributed by atoms with Gasteiger partial charge in [0.25, 0.3) is 0 Å². The summed E-state index contributed by atoms with van der Waals surface area (Å²) in [4.78, 5) is 41.8. The highest BCUT2D eigenvalue weighted by molar-refractivity contribution is 7.66. The zero-order valence-electron chi connectivity index (χ0n) is 22.8. The molecular weight excluding hydrogens is 535 g/mol. The number of hydrogen-bond acceptors (Lipinski definition) is 5. The van der Waals surface area contributed by atoms with Gasteiger partial charge >= 0.3 is 6.03 Å². The van der Waals surface area contributed by atoms with Crippen LogP contribution in [0, 0.1) is 0 Å². The van der Waals surface area contributed by atoms with Crippen molar-refractivity contribution >= 4 is 18.8 Å². The van der Waals surface area contributed by atoms with Crippen LogP contribution in [0.15, 0.2) is 109 Å². The van der Waals surface area contributed by atoms with Crippen LogP contribution in [0.2, 0.25) is 0 Å². The molecule has 1 heterocycles. The van der Waals surface area contributed by atoms with Crippen molar-refractivity contribution in [2.45, 2.75) is 44.9 Å². The second-order valence-electron chi connectivity index (χ2n) is 10.3. The molecule has 0 bridgehead atoms. The molecule has 4 N–H and O–H groups in total. The maximum absolute atomic E-state index is 14.4. The smallest absolute Gasteiger partial charge is 0.325 e. The van der Waals surface area contributed by atoms with Crippen molar-refractivity contribution in [2.75, 3.05) is 0 Å². The summed E-state index contributed by atoms with van der Waals surface area (Å²) in [5.74, 6) is -0.846. The van der Waals surface area contributed by atoms with Crippen molar-refractivity contribution < 1.29 is 24.8 Å². The Kier molecular flexibility index (Phi) is 9.03. The standard InChI is InChI=1S/C33H35N2O5P/c36-23-29-15-11-27(12-16-29)21-34-31(19-25-7-3-1-4-8-25)41(39,40)32(20-26-9-5-2-6-10-26)35(33(34)38)22-28-13-17-30(24-37)18-14-28/h1-18,31,36-37,39-40H,19-24H2. The Balaban J connectivity index is 1.61. The largest absolute Gasteiger partial charge is 0.392 e. The highest BCUT2D eigenvalue weighted by atomic mass is 31.2. The number of aliphatic hydroxyl groups excluding tert-OH is 2. The van der Waals surface area contributed by atoms with Gasteiger partial charge in [-0.15, -0.1) is 0 Å². The molecule has 1 aliphatic rings. The summed E-state index contributed by atoms with van der Waals surface area (Å²) in [6, 6.07) is 33.5. The van der Waals surface area contributed by atoms with Crippen LogP contribution in [0.25, 0.3) is 0 Å². The summed E-state index contributed by atoms with van der Waals surface area (Å²) in [6.45, 7) is 0.180. The number of carbonyl (C=O) groups excluding carboxylic acids is 1. The number of benzene rings is 4. The molecule has 8 heteroatoms. The first-order valence-electron chi connectivity index (χ1n) is 13.6. The number of carbonyl (C=O) groups is 1. The lowest BCUT2D eigenvalue weighted by Crippen LogP contribution is -2.56. The van der Waals surface area contributed by atoms with Crippen LogP contribution in [0.1, 0.15) is 33.4 Å². The molecule has 2 amide bonds. The fourth-order valence-electron chi connectivity index (χ4n) is 5.20. The predicted octanol–water partition coefficient (Wildman–Crippen LogP) is 4.88. The van der Waals surface area contributed by atoms with Crippen LogP contribution in [0.3, 0.4) is 0 Å². The normalized spacial score (nSPS) is 16.7. The van der Waals surface area contributed by atoms with Crippen molar-refractivity contribution in [3.05, 3.63) is 143 Å². The minimum absolute atomic E-state index is 0.0812. The van der Waals surface area contributed by atoms with E-state index in [9.17, 15) is 24.8 Å². The minimum atomic E-state index is -3.87. The van der Waals surface area contributed by atoms with Gasteiger partial charge in [-0.2, -0.15) is 0 Å². The van der Waals surface area contributed by atoms with Gasteiger partial charge in [0, 0.05) is 19.4 Å². The Labute approximate surface area is 240 Å². The molecule has 5 rings (SSSR count). The molecule has 0 spiro atoms. The highest BCUT2D eigenvalue weighted by Crippen LogP contribution is 2.53. The van der Waals surface area contributed by atoms with Crippen molar-refractivity contribution in [3.63, 3.8) is 0 Å². The van der Waals surface area contributed by atoms with E-state index in [1.807, 2.05) is 97.1 Å². The zero-order chi connectivity index (χ0) is 28.8. The van der Waals surface area contributed by atoms with Crippen LogP contribution in [-0.4, -0.2) is 47.0 Å². The van der Waals surface area contributed by atoms with Gasteiger partial charge in [0.05, 0.1) is 25.2 Å². The molecule has 0 saturated carbocycles. The van der Waals surface area contributed by atoms with Gasteiger partial charge < -0.3 is 24.9 Å². The summed E-state index contributed by atoms with van der Waals surface area (Å²) in [5, 5.41) is 18.9. The van der Waals surface area contributed by atoms with Crippen molar-refractivity contribution in [1.82, 2.24) is 9.80 Å². The Morgan fingerprint density at radius 1 is 0.585 bits per heavy atom. The molecular formula is C33H35N2O5P. The summed E-state index contributed by atoms with van der Waals surface area (Å²) < 4.78 is 0. The fraction of sp³-hybridized carbons (Fsp3) is 0.212. The molecule has 4 aromatic carbocycles. The summed E-state index contributed by atoms with van der Waals surface area (Å²) >= 11 is 0. The maximum atomic E-state index is 14.4. The fourth-order valence-corrected chi connectivity index (χ4v) is 7.51. The van der Waals surface area contributed by atoms with Crippen LogP contribution in [-0.2, 0) is 39.1 Å². The van der Waals surface area contributed by atoms with E-state index in [1.165, 1.54) is 4.90 Å². The second-order valence-corrected chi connectivity index (χ2v) is 12.8. The van der Waals surface area contributed by atoms with E-state index in [2.05, 4.69) is 0 Å². The van der Waals surface area contributed by atoms with E-state index >= 15 is 0 Å². The van der Waals surface area contributed by atoms with Gasteiger partial charge in [-0.05, 0) is 33.4 Å². The number of nitrogens with zero attached hydrogens (tertiary/aromatic N) is 2. The summed E-state index contributed by atoms with van der Waals surface area (Å²) in [7, 11) is -3.87. The topological polar surface area (TPSA) is 104 Å². The molecule has 1 unspecified atom stereocenters. The SMILES string of the molecule is O=C1N(Cc2ccc(CO)cc2)C(Cc2ccccc2)=P(O)(O)C(Cc2ccccc2)N1Cc1ccc(CO)cc1. The highest BCUT2D eigenvalue weighted by Gasteiger charge is 2.45. The van der Waals surface area contributed by atoms with E-state index in [4.69, 9.17) is 0 Å². The molecule has 0 saturated heterocycles. The lowest BCUT2D eigenvalue weighted by atomic mass is 10.1. The molecule has 212 valence electrons. The Morgan fingerprint density at radius 2 is 1.05 bits per heavy atom. The number of hydrogen-bond donors (Lipinski definition) is 4. The zero-order valence-corrected chi connectivity index (χ0v) is 23.6. The first kappa shape index (κ1) is 28.8. The van der Waals surface area contributed by atoms with Gasteiger partial charge in [0.15, 0.2) is 7.34 Å². The number of rotatable bonds is 10. The third-order valence-corrected chi connectivity index (χ3v) is 9.97. The second kappa shape index (κ2) is 12.9. The molecule has 1 aliphatic heterocycles. The average molecular weight is 571 g/mol. The summed E-state index contributed by atoms with van der Waals surface area (Å²) in [6.07, 6.45) is 0.520. The number of urea groups is 1. The maximum Gasteiger partial charge on any atom is 0.325 e. The Hall–Kier alpha value is -3.71. The van der Waals surface area contributed by atoms with E-state index in [0.717, 1.165) is 33.4 Å². The molecule has 7 nitrogen and oxygen atoms in total. The van der Waals surface area contributed by atoms with Crippen LogP contribution in [0.5, 0.6) is 0 Å².